The number of anilines is 2. The van der Waals surface area contributed by atoms with Crippen LogP contribution < -0.4 is 14.5 Å². The predicted molar refractivity (Wildman–Crippen MR) is 139 cm³/mol. The van der Waals surface area contributed by atoms with E-state index < -0.39 is 41.3 Å². The molecule has 13 heteroatoms. The van der Waals surface area contributed by atoms with Gasteiger partial charge < -0.3 is 14.7 Å². The molecule has 39 heavy (non-hydrogen) atoms. The molecule has 0 saturated carbocycles. The SMILES string of the molecule is CCc1nc(OCC(=O)O)c2cc(N3C(=S)N(c4ccc(C#N)c(C(C)(F)F)c4)C(=O)C3(C)C)cc(F)c2n1. The lowest BCUT2D eigenvalue weighted by molar-refractivity contribution is -0.139. The molecule has 0 bridgehead atoms. The normalized spacial score (nSPS) is 15.1. The number of carbonyl (C=O) groups is 2. The lowest BCUT2D eigenvalue weighted by atomic mass is 10.0. The number of aliphatic carboxylic acids is 1. The van der Waals surface area contributed by atoms with Crippen molar-refractivity contribution in [2.45, 2.75) is 45.6 Å². The summed E-state index contributed by atoms with van der Waals surface area (Å²) in [5, 5.41) is 18.2. The molecule has 1 aliphatic heterocycles. The second-order valence-electron chi connectivity index (χ2n) is 9.35. The average molecular weight is 558 g/mol. The molecule has 0 radical (unpaired) electrons. The molecule has 1 aliphatic rings. The predicted octanol–water partition coefficient (Wildman–Crippen LogP) is 4.69. The van der Waals surface area contributed by atoms with Crippen molar-refractivity contribution in [3.8, 4) is 11.9 Å². The molecule has 0 aliphatic carbocycles. The van der Waals surface area contributed by atoms with Crippen LogP contribution in [0.25, 0.3) is 10.9 Å². The van der Waals surface area contributed by atoms with Gasteiger partial charge in [0.05, 0.1) is 22.7 Å². The first kappa shape index (κ1) is 27.7. The Bertz CT molecular complexity index is 1580. The summed E-state index contributed by atoms with van der Waals surface area (Å²) in [6, 6.07) is 7.79. The van der Waals surface area contributed by atoms with E-state index in [4.69, 9.17) is 22.1 Å². The van der Waals surface area contributed by atoms with Gasteiger partial charge >= 0.3 is 5.97 Å². The summed E-state index contributed by atoms with van der Waals surface area (Å²) in [6.45, 7) is 4.70. The molecule has 4 rings (SSSR count). The van der Waals surface area contributed by atoms with Crippen molar-refractivity contribution >= 4 is 51.5 Å². The Kier molecular flexibility index (Phi) is 6.95. The van der Waals surface area contributed by atoms with Gasteiger partial charge in [0, 0.05) is 24.6 Å². The van der Waals surface area contributed by atoms with Gasteiger partial charge in [-0.15, -0.1) is 0 Å². The molecule has 0 spiro atoms. The minimum atomic E-state index is -3.37. The number of nitrogens with zero attached hydrogens (tertiary/aromatic N) is 5. The lowest BCUT2D eigenvalue weighted by Gasteiger charge is -2.29. The molecule has 1 aromatic heterocycles. The molecule has 2 aromatic carbocycles. The number of halogens is 3. The Morgan fingerprint density at radius 3 is 2.51 bits per heavy atom. The molecule has 1 saturated heterocycles. The van der Waals surface area contributed by atoms with Crippen LogP contribution in [0.15, 0.2) is 30.3 Å². The quantitative estimate of drug-likeness (QED) is 0.413. The maximum atomic E-state index is 15.4. The van der Waals surface area contributed by atoms with E-state index in [2.05, 4.69) is 9.97 Å². The van der Waals surface area contributed by atoms with Gasteiger partial charge in [-0.2, -0.15) is 10.2 Å². The van der Waals surface area contributed by atoms with Crippen LogP contribution in [-0.4, -0.2) is 44.2 Å². The highest BCUT2D eigenvalue weighted by Crippen LogP contribution is 2.41. The van der Waals surface area contributed by atoms with Gasteiger partial charge in [-0.05, 0) is 56.4 Å². The third-order valence-corrected chi connectivity index (χ3v) is 6.54. The molecule has 202 valence electrons. The third-order valence-electron chi connectivity index (χ3n) is 6.18. The van der Waals surface area contributed by atoms with E-state index in [0.29, 0.717) is 13.3 Å². The van der Waals surface area contributed by atoms with Crippen molar-refractivity contribution in [1.82, 2.24) is 9.97 Å². The van der Waals surface area contributed by atoms with Crippen molar-refractivity contribution in [3.63, 3.8) is 0 Å². The highest BCUT2D eigenvalue weighted by Gasteiger charge is 2.50. The number of carboxylic acids is 1. The Morgan fingerprint density at radius 1 is 1.23 bits per heavy atom. The molecule has 1 fully saturated rings. The fraction of sp³-hybridized carbons (Fsp3) is 0.308. The Labute approximate surface area is 226 Å². The van der Waals surface area contributed by atoms with Gasteiger partial charge in [0.1, 0.15) is 16.9 Å². The monoisotopic (exact) mass is 557 g/mol. The highest BCUT2D eigenvalue weighted by atomic mass is 32.1. The van der Waals surface area contributed by atoms with Gasteiger partial charge in [-0.3, -0.25) is 9.69 Å². The zero-order chi connectivity index (χ0) is 28.9. The number of aromatic nitrogens is 2. The van der Waals surface area contributed by atoms with E-state index in [1.54, 1.807) is 13.0 Å². The zero-order valence-corrected chi connectivity index (χ0v) is 22.1. The van der Waals surface area contributed by atoms with E-state index in [1.165, 1.54) is 36.9 Å². The minimum Gasteiger partial charge on any atom is -0.479 e. The third kappa shape index (κ3) is 4.83. The average Bonchev–Trinajstić information content (AvgIpc) is 3.04. The van der Waals surface area contributed by atoms with Crippen LogP contribution in [-0.2, 0) is 21.9 Å². The topological polar surface area (TPSA) is 120 Å². The first-order valence-corrected chi connectivity index (χ1v) is 12.1. The fourth-order valence-corrected chi connectivity index (χ4v) is 4.83. The Balaban J connectivity index is 1.86. The summed E-state index contributed by atoms with van der Waals surface area (Å²) in [4.78, 5) is 35.4. The number of rotatable bonds is 7. The Hall–Kier alpha value is -4.31. The number of fused-ring (bicyclic) bond motifs is 1. The number of carboxylic acid groups (broad SMARTS) is 1. The summed E-state index contributed by atoms with van der Waals surface area (Å²) in [7, 11) is 0. The van der Waals surface area contributed by atoms with E-state index >= 15 is 4.39 Å². The van der Waals surface area contributed by atoms with Crippen LogP contribution >= 0.6 is 12.2 Å². The van der Waals surface area contributed by atoms with Crippen molar-refractivity contribution in [2.24, 2.45) is 0 Å². The van der Waals surface area contributed by atoms with Crippen molar-refractivity contribution < 1.29 is 32.6 Å². The van der Waals surface area contributed by atoms with Gasteiger partial charge in [0.2, 0.25) is 5.88 Å². The Morgan fingerprint density at radius 2 is 1.92 bits per heavy atom. The lowest BCUT2D eigenvalue weighted by Crippen LogP contribution is -2.44. The van der Waals surface area contributed by atoms with E-state index in [-0.39, 0.29) is 44.7 Å². The van der Waals surface area contributed by atoms with Crippen LogP contribution in [0.3, 0.4) is 0 Å². The fourth-order valence-electron chi connectivity index (χ4n) is 4.31. The molecule has 1 N–H and O–H groups in total. The smallest absolute Gasteiger partial charge is 0.341 e. The summed E-state index contributed by atoms with van der Waals surface area (Å²) < 4.78 is 49.2. The van der Waals surface area contributed by atoms with Gasteiger partial charge in [0.15, 0.2) is 17.5 Å². The molecule has 1 amide bonds. The van der Waals surface area contributed by atoms with Crippen molar-refractivity contribution in [2.75, 3.05) is 16.4 Å². The zero-order valence-electron chi connectivity index (χ0n) is 21.3. The number of amides is 1. The number of benzene rings is 2. The number of ether oxygens (including phenoxy) is 1. The number of alkyl halides is 2. The van der Waals surface area contributed by atoms with Crippen LogP contribution in [0.1, 0.15) is 44.6 Å². The number of hydrogen-bond acceptors (Lipinski definition) is 7. The molecule has 2 heterocycles. The van der Waals surface area contributed by atoms with Crippen LogP contribution in [0, 0.1) is 17.1 Å². The summed E-state index contributed by atoms with van der Waals surface area (Å²) >= 11 is 5.59. The first-order valence-electron chi connectivity index (χ1n) is 11.7. The molecule has 0 atom stereocenters. The van der Waals surface area contributed by atoms with Gasteiger partial charge in [0.25, 0.3) is 11.8 Å². The van der Waals surface area contributed by atoms with Crippen molar-refractivity contribution in [3.05, 3.63) is 53.1 Å². The molecule has 9 nitrogen and oxygen atoms in total. The molecular formula is C26H22F3N5O4S. The van der Waals surface area contributed by atoms with Crippen LogP contribution in [0.2, 0.25) is 0 Å². The largest absolute Gasteiger partial charge is 0.479 e. The van der Waals surface area contributed by atoms with Gasteiger partial charge in [-0.25, -0.2) is 22.9 Å². The standard InChI is InChI=1S/C26H22F3N5O4S/c1-5-19-31-21-16(22(32-19)38-12-20(35)36)8-15(10-18(21)27)34-24(39)33(23(37)25(34,2)3)14-7-6-13(11-30)17(9-14)26(4,28)29/h6-10H,5,12H2,1-4H3,(H,35,36). The van der Waals surface area contributed by atoms with Crippen LogP contribution in [0.4, 0.5) is 24.5 Å². The second kappa shape index (κ2) is 9.77. The maximum Gasteiger partial charge on any atom is 0.341 e. The maximum absolute atomic E-state index is 15.4. The molecule has 3 aromatic rings. The summed E-state index contributed by atoms with van der Waals surface area (Å²) in [5.74, 6) is -5.94. The molecule has 0 unspecified atom stereocenters. The minimum absolute atomic E-state index is 0.0127. The molecular weight excluding hydrogens is 535 g/mol. The van der Waals surface area contributed by atoms with E-state index in [1.807, 2.05) is 0 Å². The number of thiocarbonyl (C=S) groups is 1. The van der Waals surface area contributed by atoms with Crippen molar-refractivity contribution in [1.29, 1.82) is 5.26 Å². The number of aryl methyl sites for hydroxylation is 1. The first-order chi connectivity index (χ1) is 18.2. The van der Waals surface area contributed by atoms with E-state index in [9.17, 15) is 23.6 Å². The van der Waals surface area contributed by atoms with E-state index in [0.717, 1.165) is 17.0 Å². The summed E-state index contributed by atoms with van der Waals surface area (Å²) in [5.41, 5.74) is -2.22. The number of nitriles is 1. The van der Waals surface area contributed by atoms with Gasteiger partial charge in [-0.1, -0.05) is 6.92 Å². The number of hydrogen-bond donors (Lipinski definition) is 1. The summed E-state index contributed by atoms with van der Waals surface area (Å²) in [6.07, 6.45) is 0.330. The highest BCUT2D eigenvalue weighted by molar-refractivity contribution is 7.81. The number of carbonyl (C=O) groups excluding carboxylic acids is 1. The second-order valence-corrected chi connectivity index (χ2v) is 9.72. The van der Waals surface area contributed by atoms with Crippen LogP contribution in [0.5, 0.6) is 5.88 Å².